The Bertz CT molecular complexity index is 721. The fourth-order valence-electron chi connectivity index (χ4n) is 2.49. The molecule has 0 radical (unpaired) electrons. The highest BCUT2D eigenvalue weighted by atomic mass is 35.5. The van der Waals surface area contributed by atoms with Crippen LogP contribution in [0.15, 0.2) is 29.2 Å². The molecule has 0 N–H and O–H groups in total. The number of hydrogen-bond acceptors (Lipinski definition) is 6. The Morgan fingerprint density at radius 3 is 2.57 bits per heavy atom. The van der Waals surface area contributed by atoms with Gasteiger partial charge in [0.15, 0.2) is 0 Å². The van der Waals surface area contributed by atoms with Crippen molar-refractivity contribution in [3.05, 3.63) is 40.3 Å². The van der Waals surface area contributed by atoms with E-state index < -0.39 is 0 Å². The molecule has 2 rings (SSSR count). The third-order valence-electron chi connectivity index (χ3n) is 4.12. The molecular formula is C20H27ClN2O3S2. The third-order valence-corrected chi connectivity index (χ3v) is 5.50. The Morgan fingerprint density at radius 1 is 1.29 bits per heavy atom. The molecule has 1 aliphatic rings. The summed E-state index contributed by atoms with van der Waals surface area (Å²) in [6.07, 6.45) is 3.67. The molecule has 154 valence electrons. The van der Waals surface area contributed by atoms with Crippen molar-refractivity contribution >= 4 is 58.7 Å². The van der Waals surface area contributed by atoms with Crippen molar-refractivity contribution < 1.29 is 14.3 Å². The maximum absolute atomic E-state index is 12.6. The highest BCUT2D eigenvalue weighted by Crippen LogP contribution is 2.32. The van der Waals surface area contributed by atoms with Crippen molar-refractivity contribution in [2.24, 2.45) is 0 Å². The van der Waals surface area contributed by atoms with Crippen LogP contribution in [0.2, 0.25) is 0 Å². The van der Waals surface area contributed by atoms with Crippen LogP contribution in [-0.2, 0) is 20.7 Å². The summed E-state index contributed by atoms with van der Waals surface area (Å²) in [5.74, 6) is -0.334. The normalized spacial score (nSPS) is 15.3. The summed E-state index contributed by atoms with van der Waals surface area (Å²) in [6, 6.07) is 8.15. The molecule has 1 aromatic rings. The van der Waals surface area contributed by atoms with E-state index in [4.69, 9.17) is 17.0 Å². The van der Waals surface area contributed by atoms with E-state index in [-0.39, 0.29) is 30.7 Å². The molecule has 0 aromatic heterocycles. The number of benzene rings is 1. The van der Waals surface area contributed by atoms with Crippen molar-refractivity contribution in [3.63, 3.8) is 0 Å². The van der Waals surface area contributed by atoms with Crippen LogP contribution >= 0.6 is 36.4 Å². The lowest BCUT2D eigenvalue weighted by Gasteiger charge is -2.14. The molecule has 1 aromatic carbocycles. The molecular weight excluding hydrogens is 416 g/mol. The molecule has 8 heteroatoms. The number of thiocarbonyl (C=S) groups is 1. The first-order valence-corrected chi connectivity index (χ1v) is 10.3. The van der Waals surface area contributed by atoms with Gasteiger partial charge in [0.1, 0.15) is 10.9 Å². The van der Waals surface area contributed by atoms with E-state index in [1.54, 1.807) is 4.90 Å². The van der Waals surface area contributed by atoms with Crippen LogP contribution < -0.4 is 0 Å². The molecule has 0 aliphatic carbocycles. The summed E-state index contributed by atoms with van der Waals surface area (Å²) >= 11 is 6.64. The number of halogens is 1. The standard InChI is InChI=1S/C20H26N2O3S2.ClH/c1-4-15-7-9-16(10-8-15)14-17-19(24)22(20(26)27-17)11-5-6-18(23)25-13-12-21(2)3;/h7-10,14H,4-6,11-13H2,1-3H3;1H/b17-14-;. The van der Waals surface area contributed by atoms with Crippen LogP contribution in [0.4, 0.5) is 0 Å². The van der Waals surface area contributed by atoms with Gasteiger partial charge in [-0.3, -0.25) is 14.5 Å². The number of ether oxygens (including phenoxy) is 1. The molecule has 1 fully saturated rings. The Hall–Kier alpha value is -1.41. The van der Waals surface area contributed by atoms with E-state index in [0.717, 1.165) is 12.0 Å². The Morgan fingerprint density at radius 2 is 1.96 bits per heavy atom. The summed E-state index contributed by atoms with van der Waals surface area (Å²) in [6.45, 7) is 3.62. The van der Waals surface area contributed by atoms with Crippen molar-refractivity contribution in [1.29, 1.82) is 0 Å². The summed E-state index contributed by atoms with van der Waals surface area (Å²) in [5, 5.41) is 0. The average Bonchev–Trinajstić information content (AvgIpc) is 2.89. The van der Waals surface area contributed by atoms with Gasteiger partial charge in [-0.15, -0.1) is 12.4 Å². The predicted molar refractivity (Wildman–Crippen MR) is 122 cm³/mol. The van der Waals surface area contributed by atoms with Crippen LogP contribution in [-0.4, -0.2) is 59.8 Å². The molecule has 0 bridgehead atoms. The number of likely N-dealkylation sites (N-methyl/N-ethyl adjacent to an activating group) is 1. The van der Waals surface area contributed by atoms with Crippen LogP contribution in [0, 0.1) is 0 Å². The fraction of sp³-hybridized carbons (Fsp3) is 0.450. The molecule has 1 aliphatic heterocycles. The number of thioether (sulfide) groups is 1. The summed E-state index contributed by atoms with van der Waals surface area (Å²) in [7, 11) is 3.85. The number of hydrogen-bond donors (Lipinski definition) is 0. The van der Waals surface area contributed by atoms with Crippen LogP contribution in [0.5, 0.6) is 0 Å². The molecule has 28 heavy (non-hydrogen) atoms. The lowest BCUT2D eigenvalue weighted by atomic mass is 10.1. The van der Waals surface area contributed by atoms with Crippen molar-refractivity contribution in [2.45, 2.75) is 26.2 Å². The lowest BCUT2D eigenvalue weighted by molar-refractivity contribution is -0.144. The number of nitrogens with zero attached hydrogens (tertiary/aromatic N) is 2. The summed E-state index contributed by atoms with van der Waals surface area (Å²) in [4.78, 5) is 28.5. The maximum Gasteiger partial charge on any atom is 0.305 e. The zero-order valence-electron chi connectivity index (χ0n) is 16.5. The quantitative estimate of drug-likeness (QED) is 0.329. The van der Waals surface area contributed by atoms with Gasteiger partial charge in [-0.2, -0.15) is 0 Å². The number of carbonyl (C=O) groups is 2. The Labute approximate surface area is 182 Å². The zero-order chi connectivity index (χ0) is 19.8. The summed E-state index contributed by atoms with van der Waals surface area (Å²) in [5.41, 5.74) is 2.24. The second-order valence-corrected chi connectivity index (χ2v) is 8.23. The average molecular weight is 443 g/mol. The van der Waals surface area contributed by atoms with Gasteiger partial charge in [0, 0.05) is 19.5 Å². The molecule has 0 atom stereocenters. The largest absolute Gasteiger partial charge is 0.464 e. The molecule has 0 spiro atoms. The van der Waals surface area contributed by atoms with E-state index in [0.29, 0.717) is 35.3 Å². The van der Waals surface area contributed by atoms with E-state index in [1.807, 2.05) is 37.2 Å². The number of esters is 1. The lowest BCUT2D eigenvalue weighted by Crippen LogP contribution is -2.29. The SMILES string of the molecule is CCc1ccc(/C=C2\SC(=S)N(CCCC(=O)OCCN(C)C)C2=O)cc1.Cl. The van der Waals surface area contributed by atoms with Gasteiger partial charge in [0.2, 0.25) is 0 Å². The van der Waals surface area contributed by atoms with Gasteiger partial charge in [0.25, 0.3) is 5.91 Å². The third kappa shape index (κ3) is 7.54. The number of rotatable bonds is 9. The highest BCUT2D eigenvalue weighted by Gasteiger charge is 2.31. The van der Waals surface area contributed by atoms with Gasteiger partial charge < -0.3 is 9.64 Å². The predicted octanol–water partition coefficient (Wildman–Crippen LogP) is 3.76. The minimum atomic E-state index is -0.242. The van der Waals surface area contributed by atoms with Crippen molar-refractivity contribution in [1.82, 2.24) is 9.80 Å². The molecule has 5 nitrogen and oxygen atoms in total. The maximum atomic E-state index is 12.6. The van der Waals surface area contributed by atoms with E-state index in [2.05, 4.69) is 19.1 Å². The number of carbonyl (C=O) groups excluding carboxylic acids is 2. The van der Waals surface area contributed by atoms with Gasteiger partial charge in [0.05, 0.1) is 4.91 Å². The fourth-order valence-corrected chi connectivity index (χ4v) is 3.80. The minimum Gasteiger partial charge on any atom is -0.464 e. The number of amides is 1. The highest BCUT2D eigenvalue weighted by molar-refractivity contribution is 8.26. The van der Waals surface area contributed by atoms with Crippen LogP contribution in [0.25, 0.3) is 6.08 Å². The van der Waals surface area contributed by atoms with Gasteiger partial charge in [-0.25, -0.2) is 0 Å². The molecule has 1 heterocycles. The first kappa shape index (κ1) is 24.6. The van der Waals surface area contributed by atoms with E-state index >= 15 is 0 Å². The summed E-state index contributed by atoms with van der Waals surface area (Å²) < 4.78 is 5.70. The van der Waals surface area contributed by atoms with E-state index in [9.17, 15) is 9.59 Å². The first-order chi connectivity index (χ1) is 12.9. The minimum absolute atomic E-state index is 0. The second kappa shape index (κ2) is 12.2. The monoisotopic (exact) mass is 442 g/mol. The second-order valence-electron chi connectivity index (χ2n) is 6.56. The van der Waals surface area contributed by atoms with Crippen molar-refractivity contribution in [3.8, 4) is 0 Å². The van der Waals surface area contributed by atoms with Gasteiger partial charge >= 0.3 is 5.97 Å². The molecule has 1 amide bonds. The topological polar surface area (TPSA) is 49.9 Å². The Balaban J connectivity index is 0.00000392. The zero-order valence-corrected chi connectivity index (χ0v) is 18.9. The smallest absolute Gasteiger partial charge is 0.305 e. The van der Waals surface area contributed by atoms with Crippen LogP contribution in [0.1, 0.15) is 30.9 Å². The number of aryl methyl sites for hydroxylation is 1. The van der Waals surface area contributed by atoms with Crippen LogP contribution in [0.3, 0.4) is 0 Å². The molecule has 0 saturated carbocycles. The molecule has 1 saturated heterocycles. The molecule has 0 unspecified atom stereocenters. The van der Waals surface area contributed by atoms with E-state index in [1.165, 1.54) is 17.3 Å². The first-order valence-electron chi connectivity index (χ1n) is 9.05. The van der Waals surface area contributed by atoms with Gasteiger partial charge in [-0.1, -0.05) is 55.2 Å². The van der Waals surface area contributed by atoms with Gasteiger partial charge in [-0.05, 0) is 44.1 Å². The Kier molecular flexibility index (Phi) is 10.7. The van der Waals surface area contributed by atoms with Crippen molar-refractivity contribution in [2.75, 3.05) is 33.8 Å².